The van der Waals surface area contributed by atoms with E-state index in [2.05, 4.69) is 20.2 Å². The number of hydrogen-bond donors (Lipinski definition) is 1. The number of piperazine rings is 1. The smallest absolute Gasteiger partial charge is 0.410 e. The molecule has 9 heteroatoms. The van der Waals surface area contributed by atoms with E-state index in [1.54, 1.807) is 6.33 Å². The van der Waals surface area contributed by atoms with Crippen molar-refractivity contribution in [3.63, 3.8) is 0 Å². The third-order valence-electron chi connectivity index (χ3n) is 6.56. The van der Waals surface area contributed by atoms with Crippen LogP contribution in [0.2, 0.25) is 0 Å². The van der Waals surface area contributed by atoms with Crippen molar-refractivity contribution in [3.8, 4) is 16.9 Å². The van der Waals surface area contributed by atoms with E-state index >= 15 is 0 Å². The highest BCUT2D eigenvalue weighted by atomic mass is 16.6. The second-order valence-electron chi connectivity index (χ2n) is 8.97. The number of nitrogens with one attached hydrogen (secondary N) is 1. The molecule has 2 aliphatic heterocycles. The molecule has 2 aromatic rings. The summed E-state index contributed by atoms with van der Waals surface area (Å²) in [5.74, 6) is 0.938. The molecule has 2 amide bonds. The molecule has 3 fully saturated rings. The van der Waals surface area contributed by atoms with E-state index in [-0.39, 0.29) is 24.0 Å². The Morgan fingerprint density at radius 2 is 2.00 bits per heavy atom. The van der Waals surface area contributed by atoms with Crippen LogP contribution in [0.3, 0.4) is 0 Å². The Morgan fingerprint density at radius 1 is 1.21 bits per heavy atom. The van der Waals surface area contributed by atoms with Crippen LogP contribution < -0.4 is 10.1 Å². The highest BCUT2D eigenvalue weighted by Crippen LogP contribution is 2.36. The lowest BCUT2D eigenvalue weighted by molar-refractivity contribution is -0.117. The molecule has 1 aromatic carbocycles. The fourth-order valence-electron chi connectivity index (χ4n) is 4.54. The van der Waals surface area contributed by atoms with E-state index in [0.29, 0.717) is 19.8 Å². The second-order valence-corrected chi connectivity index (χ2v) is 8.97. The van der Waals surface area contributed by atoms with Gasteiger partial charge in [-0.15, -0.1) is 0 Å². The molecule has 1 aromatic heterocycles. The van der Waals surface area contributed by atoms with Crippen molar-refractivity contribution in [2.75, 3.05) is 44.7 Å². The van der Waals surface area contributed by atoms with Crippen LogP contribution in [0.4, 0.5) is 10.5 Å². The summed E-state index contributed by atoms with van der Waals surface area (Å²) >= 11 is 0. The van der Waals surface area contributed by atoms with E-state index < -0.39 is 0 Å². The monoisotopic (exact) mass is 451 g/mol. The lowest BCUT2D eigenvalue weighted by Crippen LogP contribution is -2.52. The predicted octanol–water partition coefficient (Wildman–Crippen LogP) is 2.62. The first-order valence-corrected chi connectivity index (χ1v) is 11.5. The minimum atomic E-state index is -0.203. The average Bonchev–Trinajstić information content (AvgIpc) is 3.59. The normalized spacial score (nSPS) is 20.4. The molecule has 2 saturated heterocycles. The predicted molar refractivity (Wildman–Crippen MR) is 122 cm³/mol. The van der Waals surface area contributed by atoms with Gasteiger partial charge >= 0.3 is 6.09 Å². The maximum atomic E-state index is 12.3. The first kappa shape index (κ1) is 21.6. The van der Waals surface area contributed by atoms with Gasteiger partial charge in [0.25, 0.3) is 0 Å². The molecule has 1 atom stereocenters. The summed E-state index contributed by atoms with van der Waals surface area (Å²) in [6.07, 6.45) is 3.27. The second kappa shape index (κ2) is 8.97. The Morgan fingerprint density at radius 3 is 2.76 bits per heavy atom. The zero-order valence-corrected chi connectivity index (χ0v) is 19.0. The van der Waals surface area contributed by atoms with Gasteiger partial charge in [0.2, 0.25) is 5.91 Å². The van der Waals surface area contributed by atoms with Crippen molar-refractivity contribution >= 4 is 17.7 Å². The number of aryl methyl sites for hydroxylation is 2. The molecule has 174 valence electrons. The number of fused-ring (bicyclic) bond motifs is 1. The molecule has 1 unspecified atom stereocenters. The van der Waals surface area contributed by atoms with Crippen LogP contribution in [0.1, 0.15) is 24.2 Å². The van der Waals surface area contributed by atoms with Gasteiger partial charge in [0.05, 0.1) is 6.04 Å². The number of carbonyl (C=O) groups excluding carboxylic acids is 2. The van der Waals surface area contributed by atoms with Crippen molar-refractivity contribution in [2.45, 2.75) is 32.7 Å². The number of cyclic esters (lactones) is 1. The Bertz CT molecular complexity index is 1050. The van der Waals surface area contributed by atoms with Crippen LogP contribution in [0.5, 0.6) is 5.75 Å². The van der Waals surface area contributed by atoms with Gasteiger partial charge in [-0.05, 0) is 44.9 Å². The summed E-state index contributed by atoms with van der Waals surface area (Å²) < 4.78 is 11.4. The van der Waals surface area contributed by atoms with Crippen molar-refractivity contribution < 1.29 is 19.1 Å². The number of rotatable bonds is 7. The number of aromatic nitrogens is 2. The number of ether oxygens (including phenoxy) is 2. The van der Waals surface area contributed by atoms with Gasteiger partial charge in [-0.3, -0.25) is 14.6 Å². The number of amides is 2. The van der Waals surface area contributed by atoms with Gasteiger partial charge < -0.3 is 14.8 Å². The van der Waals surface area contributed by atoms with Gasteiger partial charge in [-0.2, -0.15) is 0 Å². The third kappa shape index (κ3) is 4.64. The fraction of sp³-hybridized carbons (Fsp3) is 0.500. The van der Waals surface area contributed by atoms with E-state index in [0.717, 1.165) is 66.4 Å². The van der Waals surface area contributed by atoms with Crippen LogP contribution >= 0.6 is 0 Å². The minimum Gasteiger partial charge on any atom is -0.492 e. The van der Waals surface area contributed by atoms with Crippen molar-refractivity contribution in [2.24, 2.45) is 5.92 Å². The number of nitrogens with zero attached hydrogens (tertiary/aromatic N) is 4. The van der Waals surface area contributed by atoms with E-state index in [9.17, 15) is 9.59 Å². The molecule has 9 nitrogen and oxygen atoms in total. The van der Waals surface area contributed by atoms with Crippen molar-refractivity contribution in [1.82, 2.24) is 19.8 Å². The molecular weight excluding hydrogens is 422 g/mol. The summed E-state index contributed by atoms with van der Waals surface area (Å²) in [7, 11) is 0. The zero-order chi connectivity index (χ0) is 22.9. The summed E-state index contributed by atoms with van der Waals surface area (Å²) in [6.45, 7) is 7.90. The number of hydrogen-bond acceptors (Lipinski definition) is 7. The first-order valence-electron chi connectivity index (χ1n) is 11.5. The van der Waals surface area contributed by atoms with Crippen LogP contribution in [-0.4, -0.2) is 77.2 Å². The van der Waals surface area contributed by atoms with Gasteiger partial charge in [-0.25, -0.2) is 14.8 Å². The number of benzene rings is 1. The molecule has 5 rings (SSSR count). The van der Waals surface area contributed by atoms with E-state index in [1.165, 1.54) is 0 Å². The molecule has 1 saturated carbocycles. The zero-order valence-electron chi connectivity index (χ0n) is 19.0. The van der Waals surface area contributed by atoms with Gasteiger partial charge in [0.15, 0.2) is 0 Å². The summed E-state index contributed by atoms with van der Waals surface area (Å²) in [5.41, 5.74) is 4.27. The van der Waals surface area contributed by atoms with Gasteiger partial charge in [-0.1, -0.05) is 0 Å². The molecular formula is C24H29N5O4. The molecule has 1 aliphatic carbocycles. The average molecular weight is 452 g/mol. The molecule has 3 aliphatic rings. The molecule has 0 radical (unpaired) electrons. The Hall–Kier alpha value is -3.20. The Labute approximate surface area is 193 Å². The first-order chi connectivity index (χ1) is 16.0. The lowest BCUT2D eigenvalue weighted by Gasteiger charge is -2.35. The Balaban J connectivity index is 1.31. The largest absolute Gasteiger partial charge is 0.492 e. The highest BCUT2D eigenvalue weighted by molar-refractivity contribution is 5.95. The van der Waals surface area contributed by atoms with Gasteiger partial charge in [0.1, 0.15) is 25.3 Å². The van der Waals surface area contributed by atoms with Crippen LogP contribution in [-0.2, 0) is 9.53 Å². The van der Waals surface area contributed by atoms with Crippen LogP contribution in [0, 0.1) is 19.8 Å². The van der Waals surface area contributed by atoms with Gasteiger partial charge in [0, 0.05) is 60.3 Å². The molecule has 0 bridgehead atoms. The molecule has 0 spiro atoms. The summed E-state index contributed by atoms with van der Waals surface area (Å²) in [6, 6.07) is 5.87. The van der Waals surface area contributed by atoms with Crippen LogP contribution in [0.15, 0.2) is 24.5 Å². The third-order valence-corrected chi connectivity index (χ3v) is 6.56. The number of carbonyl (C=O) groups is 2. The fourth-order valence-corrected chi connectivity index (χ4v) is 4.54. The molecule has 1 N–H and O–H groups in total. The number of anilines is 1. The van der Waals surface area contributed by atoms with Crippen LogP contribution in [0.25, 0.3) is 11.1 Å². The quantitative estimate of drug-likeness (QED) is 0.691. The van der Waals surface area contributed by atoms with E-state index in [1.807, 2.05) is 36.9 Å². The Kier molecular flexibility index (Phi) is 5.88. The maximum absolute atomic E-state index is 12.3. The van der Waals surface area contributed by atoms with Crippen molar-refractivity contribution in [3.05, 3.63) is 35.9 Å². The summed E-state index contributed by atoms with van der Waals surface area (Å²) in [4.78, 5) is 36.8. The highest BCUT2D eigenvalue weighted by Gasteiger charge is 2.37. The minimum absolute atomic E-state index is 0.0703. The maximum Gasteiger partial charge on any atom is 0.410 e. The SMILES string of the molecule is Cc1ncnc(C)c1-c1cc(NC(=O)C2CC2)ccc1OCCN1CCN2C(=O)OCC2C1. The van der Waals surface area contributed by atoms with E-state index in [4.69, 9.17) is 9.47 Å². The topological polar surface area (TPSA) is 96.9 Å². The molecule has 33 heavy (non-hydrogen) atoms. The van der Waals surface area contributed by atoms with Crippen molar-refractivity contribution in [1.29, 1.82) is 0 Å². The lowest BCUT2D eigenvalue weighted by atomic mass is 10.0. The molecule has 3 heterocycles. The summed E-state index contributed by atoms with van der Waals surface area (Å²) in [5, 5.41) is 3.03. The standard InChI is InChI=1S/C24H29N5O4/c1-15-22(16(2)26-14-25-15)20-11-18(27-23(30)17-3-4-17)5-6-21(20)32-10-9-28-7-8-29-19(12-28)13-33-24(29)31/h5-6,11,14,17,19H,3-4,7-10,12-13H2,1-2H3,(H,27,30).